The van der Waals surface area contributed by atoms with Gasteiger partial charge in [-0.3, -0.25) is 9.78 Å². The van der Waals surface area contributed by atoms with Crippen molar-refractivity contribution in [1.82, 2.24) is 15.2 Å². The Morgan fingerprint density at radius 2 is 2.12 bits per heavy atom. The van der Waals surface area contributed by atoms with Gasteiger partial charge in [-0.05, 0) is 29.8 Å². The van der Waals surface area contributed by atoms with E-state index in [0.717, 1.165) is 17.3 Å². The van der Waals surface area contributed by atoms with Crippen LogP contribution < -0.4 is 15.7 Å². The van der Waals surface area contributed by atoms with E-state index < -0.39 is 0 Å². The number of halogens is 1. The highest BCUT2D eigenvalue weighted by molar-refractivity contribution is 6.30. The van der Waals surface area contributed by atoms with Crippen LogP contribution in [0.5, 0.6) is 5.75 Å². The first-order valence-electron chi connectivity index (χ1n) is 7.38. The van der Waals surface area contributed by atoms with Crippen LogP contribution in [-0.4, -0.2) is 21.4 Å². The predicted molar refractivity (Wildman–Crippen MR) is 96.1 cm³/mol. The number of para-hydroxylation sites is 1. The van der Waals surface area contributed by atoms with E-state index in [4.69, 9.17) is 16.3 Å². The molecule has 0 unspecified atom stereocenters. The molecule has 0 atom stereocenters. The van der Waals surface area contributed by atoms with Crippen LogP contribution in [0.1, 0.15) is 11.1 Å². The number of H-pyrrole nitrogens is 1. The lowest BCUT2D eigenvalue weighted by Crippen LogP contribution is -2.10. The number of hydrazone groups is 1. The Hall–Kier alpha value is -3.19. The first-order valence-corrected chi connectivity index (χ1v) is 7.76. The van der Waals surface area contributed by atoms with Gasteiger partial charge < -0.3 is 4.74 Å². The van der Waals surface area contributed by atoms with E-state index in [2.05, 4.69) is 25.7 Å². The third-order valence-corrected chi connectivity index (χ3v) is 3.39. The summed E-state index contributed by atoms with van der Waals surface area (Å²) in [5.74, 6) is 0.821. The molecule has 3 rings (SSSR count). The number of aromatic amines is 1. The molecule has 1 aromatic heterocycles. The van der Waals surface area contributed by atoms with Gasteiger partial charge in [0.2, 0.25) is 5.95 Å². The fourth-order valence-corrected chi connectivity index (χ4v) is 2.25. The highest BCUT2D eigenvalue weighted by Gasteiger charge is 2.02. The summed E-state index contributed by atoms with van der Waals surface area (Å²) < 4.78 is 5.84. The lowest BCUT2D eigenvalue weighted by atomic mass is 10.2. The molecule has 0 aliphatic carbocycles. The molecule has 2 aromatic carbocycles. The molecule has 0 radical (unpaired) electrons. The summed E-state index contributed by atoms with van der Waals surface area (Å²) in [6.45, 7) is 0.385. The van der Waals surface area contributed by atoms with Crippen LogP contribution in [0.3, 0.4) is 0 Å². The van der Waals surface area contributed by atoms with Gasteiger partial charge in [0.15, 0.2) is 0 Å². The number of hydrogen-bond acceptors (Lipinski definition) is 6. The SMILES string of the molecule is O=c1cnnc(N/N=C/c2ccccc2OCc2cccc(Cl)c2)[nH]1. The van der Waals surface area contributed by atoms with E-state index in [-0.39, 0.29) is 11.5 Å². The molecular weight excluding hydrogens is 342 g/mol. The minimum atomic E-state index is -0.363. The molecule has 126 valence electrons. The second-order valence-electron chi connectivity index (χ2n) is 5.01. The molecule has 0 saturated carbocycles. The molecule has 2 N–H and O–H groups in total. The molecule has 0 aliphatic rings. The summed E-state index contributed by atoms with van der Waals surface area (Å²) in [7, 11) is 0. The zero-order chi connectivity index (χ0) is 17.5. The summed E-state index contributed by atoms with van der Waals surface area (Å²) in [6.07, 6.45) is 2.65. The molecule has 25 heavy (non-hydrogen) atoms. The van der Waals surface area contributed by atoms with Gasteiger partial charge in [0.1, 0.15) is 18.6 Å². The van der Waals surface area contributed by atoms with Crippen LogP contribution >= 0.6 is 11.6 Å². The number of aromatic nitrogens is 3. The molecule has 1 heterocycles. The van der Waals surface area contributed by atoms with Crippen molar-refractivity contribution in [3.05, 3.63) is 81.2 Å². The Labute approximate surface area is 148 Å². The first kappa shape index (κ1) is 16.7. The molecule has 0 amide bonds. The van der Waals surface area contributed by atoms with Crippen LogP contribution in [0.2, 0.25) is 5.02 Å². The van der Waals surface area contributed by atoms with Gasteiger partial charge >= 0.3 is 0 Å². The van der Waals surface area contributed by atoms with Crippen molar-refractivity contribution in [3.8, 4) is 5.75 Å². The van der Waals surface area contributed by atoms with Gasteiger partial charge in [0.05, 0.1) is 6.21 Å². The van der Waals surface area contributed by atoms with Gasteiger partial charge in [-0.1, -0.05) is 35.9 Å². The number of anilines is 1. The van der Waals surface area contributed by atoms with Crippen LogP contribution in [0.4, 0.5) is 5.95 Å². The van der Waals surface area contributed by atoms with E-state index in [9.17, 15) is 4.79 Å². The minimum absolute atomic E-state index is 0.154. The van der Waals surface area contributed by atoms with E-state index in [1.54, 1.807) is 6.21 Å². The maximum Gasteiger partial charge on any atom is 0.271 e. The smallest absolute Gasteiger partial charge is 0.271 e. The highest BCUT2D eigenvalue weighted by Crippen LogP contribution is 2.19. The molecule has 0 saturated heterocycles. The molecular formula is C17H14ClN5O2. The van der Waals surface area contributed by atoms with Gasteiger partial charge in [0.25, 0.3) is 5.56 Å². The Morgan fingerprint density at radius 3 is 2.96 bits per heavy atom. The van der Waals surface area contributed by atoms with E-state index in [1.165, 1.54) is 0 Å². The molecule has 3 aromatic rings. The average Bonchev–Trinajstić information content (AvgIpc) is 2.61. The zero-order valence-electron chi connectivity index (χ0n) is 13.0. The standard InChI is InChI=1S/C17H14ClN5O2/c18-14-6-3-4-12(8-14)11-25-15-7-2-1-5-13(15)9-19-22-17-21-16(24)10-20-23-17/h1-10H,11H2,(H2,21,22,23,24)/b19-9+. The van der Waals surface area contributed by atoms with Crippen molar-refractivity contribution in [2.24, 2.45) is 5.10 Å². The summed E-state index contributed by atoms with van der Waals surface area (Å²) in [5.41, 5.74) is 3.98. The fraction of sp³-hybridized carbons (Fsp3) is 0.0588. The summed E-state index contributed by atoms with van der Waals surface area (Å²) in [4.78, 5) is 13.6. The number of hydrogen-bond donors (Lipinski definition) is 2. The van der Waals surface area contributed by atoms with Gasteiger partial charge in [-0.25, -0.2) is 5.43 Å². The van der Waals surface area contributed by atoms with Crippen LogP contribution in [0, 0.1) is 0 Å². The predicted octanol–water partition coefficient (Wildman–Crippen LogP) is 2.84. The highest BCUT2D eigenvalue weighted by atomic mass is 35.5. The van der Waals surface area contributed by atoms with E-state index >= 15 is 0 Å². The Kier molecular flexibility index (Phi) is 5.38. The summed E-state index contributed by atoms with van der Waals surface area (Å²) in [6, 6.07) is 14.9. The van der Waals surface area contributed by atoms with Crippen molar-refractivity contribution >= 4 is 23.8 Å². The molecule has 0 fully saturated rings. The van der Waals surface area contributed by atoms with Crippen molar-refractivity contribution in [2.75, 3.05) is 5.43 Å². The second kappa shape index (κ2) is 8.07. The summed E-state index contributed by atoms with van der Waals surface area (Å²) >= 11 is 5.97. The third-order valence-electron chi connectivity index (χ3n) is 3.15. The number of nitrogens with zero attached hydrogens (tertiary/aromatic N) is 3. The lowest BCUT2D eigenvalue weighted by molar-refractivity contribution is 0.306. The normalized spacial score (nSPS) is 10.8. The lowest BCUT2D eigenvalue weighted by Gasteiger charge is -2.09. The van der Waals surface area contributed by atoms with Gasteiger partial charge in [-0.15, -0.1) is 10.2 Å². The fourth-order valence-electron chi connectivity index (χ4n) is 2.03. The number of rotatable bonds is 6. The zero-order valence-corrected chi connectivity index (χ0v) is 13.8. The van der Waals surface area contributed by atoms with Crippen LogP contribution in [-0.2, 0) is 6.61 Å². The Balaban J connectivity index is 1.68. The first-order chi connectivity index (χ1) is 12.2. The van der Waals surface area contributed by atoms with Gasteiger partial charge in [-0.2, -0.15) is 5.10 Å². The Bertz CT molecular complexity index is 942. The monoisotopic (exact) mass is 355 g/mol. The van der Waals surface area contributed by atoms with E-state index in [0.29, 0.717) is 17.4 Å². The Morgan fingerprint density at radius 1 is 1.24 bits per heavy atom. The maximum absolute atomic E-state index is 11.1. The van der Waals surface area contributed by atoms with Crippen LogP contribution in [0.15, 0.2) is 64.6 Å². The number of ether oxygens (including phenoxy) is 1. The van der Waals surface area contributed by atoms with Crippen molar-refractivity contribution in [2.45, 2.75) is 6.61 Å². The van der Waals surface area contributed by atoms with Crippen LogP contribution in [0.25, 0.3) is 0 Å². The van der Waals surface area contributed by atoms with Crippen molar-refractivity contribution in [3.63, 3.8) is 0 Å². The minimum Gasteiger partial charge on any atom is -0.488 e. The van der Waals surface area contributed by atoms with E-state index in [1.807, 2.05) is 48.5 Å². The molecule has 0 aliphatic heterocycles. The quantitative estimate of drug-likeness (QED) is 0.524. The number of nitrogens with one attached hydrogen (secondary N) is 2. The topological polar surface area (TPSA) is 92.3 Å². The molecule has 0 spiro atoms. The molecule has 0 bridgehead atoms. The van der Waals surface area contributed by atoms with Gasteiger partial charge in [0, 0.05) is 10.6 Å². The molecule has 8 heteroatoms. The largest absolute Gasteiger partial charge is 0.488 e. The average molecular weight is 356 g/mol. The van der Waals surface area contributed by atoms with Crippen molar-refractivity contribution in [1.29, 1.82) is 0 Å². The summed E-state index contributed by atoms with van der Waals surface area (Å²) in [5, 5.41) is 11.9. The third kappa shape index (κ3) is 4.89. The second-order valence-corrected chi connectivity index (χ2v) is 5.45. The maximum atomic E-state index is 11.1. The van der Waals surface area contributed by atoms with Crippen molar-refractivity contribution < 1.29 is 4.74 Å². The number of benzene rings is 2. The molecule has 7 nitrogen and oxygen atoms in total.